The number of likely N-dealkylation sites (tertiary alicyclic amines) is 1. The van der Waals surface area contributed by atoms with Crippen LogP contribution in [0.2, 0.25) is 0 Å². The van der Waals surface area contributed by atoms with Crippen molar-refractivity contribution in [3.8, 4) is 11.5 Å². The highest BCUT2D eigenvalue weighted by Gasteiger charge is 2.26. The zero-order chi connectivity index (χ0) is 21.3. The average Bonchev–Trinajstić information content (AvgIpc) is 2.78. The molecule has 0 bridgehead atoms. The quantitative estimate of drug-likeness (QED) is 0.541. The Balaban J connectivity index is 1.52. The molecule has 1 saturated heterocycles. The van der Waals surface area contributed by atoms with Gasteiger partial charge >= 0.3 is 0 Å². The average molecular weight is 411 g/mol. The van der Waals surface area contributed by atoms with Crippen LogP contribution in [0.1, 0.15) is 30.9 Å². The fraction of sp³-hybridized carbons (Fsp3) is 0.458. The van der Waals surface area contributed by atoms with Gasteiger partial charge in [-0.2, -0.15) is 0 Å². The van der Waals surface area contributed by atoms with Crippen molar-refractivity contribution in [2.45, 2.75) is 44.9 Å². The molecular formula is C24H34N4O2. The van der Waals surface area contributed by atoms with E-state index in [1.165, 1.54) is 5.56 Å². The van der Waals surface area contributed by atoms with E-state index in [0.29, 0.717) is 18.6 Å². The van der Waals surface area contributed by atoms with E-state index < -0.39 is 0 Å². The van der Waals surface area contributed by atoms with Crippen molar-refractivity contribution < 1.29 is 9.47 Å². The number of hydrogen-bond acceptors (Lipinski definition) is 4. The van der Waals surface area contributed by atoms with Crippen molar-refractivity contribution in [2.75, 3.05) is 27.8 Å². The van der Waals surface area contributed by atoms with Crippen LogP contribution in [0.3, 0.4) is 0 Å². The van der Waals surface area contributed by atoms with Crippen LogP contribution in [-0.4, -0.2) is 50.8 Å². The predicted molar refractivity (Wildman–Crippen MR) is 122 cm³/mol. The summed E-state index contributed by atoms with van der Waals surface area (Å²) >= 11 is 0. The summed E-state index contributed by atoms with van der Waals surface area (Å²) in [5.74, 6) is 2.30. The molecule has 30 heavy (non-hydrogen) atoms. The first-order valence-electron chi connectivity index (χ1n) is 10.6. The summed E-state index contributed by atoms with van der Waals surface area (Å²) in [6.07, 6.45) is 2.19. The highest BCUT2D eigenvalue weighted by molar-refractivity contribution is 5.80. The lowest BCUT2D eigenvalue weighted by Gasteiger charge is -2.38. The predicted octanol–water partition coefficient (Wildman–Crippen LogP) is 3.42. The smallest absolute Gasteiger partial charge is 0.191 e. The van der Waals surface area contributed by atoms with Crippen molar-refractivity contribution >= 4 is 5.96 Å². The van der Waals surface area contributed by atoms with Crippen molar-refractivity contribution in [1.82, 2.24) is 15.5 Å². The van der Waals surface area contributed by atoms with Gasteiger partial charge in [0.1, 0.15) is 0 Å². The summed E-state index contributed by atoms with van der Waals surface area (Å²) in [6.45, 7) is 5.02. The fourth-order valence-corrected chi connectivity index (χ4v) is 4.06. The van der Waals surface area contributed by atoms with Crippen molar-refractivity contribution in [2.24, 2.45) is 4.99 Å². The molecule has 2 atom stereocenters. The van der Waals surface area contributed by atoms with Crippen LogP contribution in [0, 0.1) is 0 Å². The van der Waals surface area contributed by atoms with Gasteiger partial charge < -0.3 is 20.1 Å². The molecule has 0 saturated carbocycles. The number of guanidine groups is 1. The first kappa shape index (κ1) is 22.0. The van der Waals surface area contributed by atoms with Gasteiger partial charge in [0.25, 0.3) is 0 Å². The number of nitrogens with zero attached hydrogens (tertiary/aromatic N) is 2. The van der Waals surface area contributed by atoms with E-state index in [1.54, 1.807) is 14.2 Å². The van der Waals surface area contributed by atoms with Gasteiger partial charge in [-0.3, -0.25) is 9.89 Å². The van der Waals surface area contributed by atoms with Gasteiger partial charge in [-0.1, -0.05) is 42.5 Å². The Hall–Kier alpha value is -2.73. The zero-order valence-electron chi connectivity index (χ0n) is 18.5. The third kappa shape index (κ3) is 5.66. The minimum absolute atomic E-state index is 0.408. The molecule has 1 heterocycles. The Labute approximate surface area is 180 Å². The Bertz CT molecular complexity index is 825. The first-order chi connectivity index (χ1) is 14.6. The Morgan fingerprint density at radius 2 is 1.90 bits per heavy atom. The third-order valence-electron chi connectivity index (χ3n) is 5.74. The first-order valence-corrected chi connectivity index (χ1v) is 10.6. The van der Waals surface area contributed by atoms with E-state index in [9.17, 15) is 0 Å². The number of aliphatic imine (C=N–C) groups is 1. The second-order valence-electron chi connectivity index (χ2n) is 7.75. The van der Waals surface area contributed by atoms with Crippen molar-refractivity contribution in [1.29, 1.82) is 0 Å². The van der Waals surface area contributed by atoms with Gasteiger partial charge in [0, 0.05) is 44.3 Å². The molecule has 2 aromatic carbocycles. The summed E-state index contributed by atoms with van der Waals surface area (Å²) in [5, 5.41) is 7.01. The number of ether oxygens (including phenoxy) is 2. The van der Waals surface area contributed by atoms with Gasteiger partial charge in [0.05, 0.1) is 14.2 Å². The maximum atomic E-state index is 5.53. The van der Waals surface area contributed by atoms with E-state index in [1.807, 2.05) is 25.2 Å². The highest BCUT2D eigenvalue weighted by Crippen LogP contribution is 2.30. The second kappa shape index (κ2) is 10.9. The Morgan fingerprint density at radius 1 is 1.10 bits per heavy atom. The molecular weight excluding hydrogens is 376 g/mol. The molecule has 3 rings (SSSR count). The number of hydrogen-bond donors (Lipinski definition) is 2. The Morgan fingerprint density at radius 3 is 2.57 bits per heavy atom. The molecule has 2 aromatic rings. The molecule has 0 amide bonds. The van der Waals surface area contributed by atoms with Crippen LogP contribution < -0.4 is 20.1 Å². The van der Waals surface area contributed by atoms with Crippen LogP contribution in [0.4, 0.5) is 0 Å². The van der Waals surface area contributed by atoms with E-state index >= 15 is 0 Å². The van der Waals surface area contributed by atoms with Crippen LogP contribution in [0.15, 0.2) is 53.5 Å². The molecule has 6 nitrogen and oxygen atoms in total. The molecule has 0 aliphatic carbocycles. The lowest BCUT2D eigenvalue weighted by molar-refractivity contribution is 0.134. The van der Waals surface area contributed by atoms with Crippen LogP contribution in [0.25, 0.3) is 0 Å². The highest BCUT2D eigenvalue weighted by atomic mass is 16.5. The lowest BCUT2D eigenvalue weighted by Crippen LogP contribution is -2.51. The van der Waals surface area contributed by atoms with Gasteiger partial charge in [0.2, 0.25) is 0 Å². The normalized spacial score (nSPS) is 19.9. The summed E-state index contributed by atoms with van der Waals surface area (Å²) in [5.41, 5.74) is 2.41. The summed E-state index contributed by atoms with van der Waals surface area (Å²) in [4.78, 5) is 6.98. The monoisotopic (exact) mass is 410 g/mol. The maximum absolute atomic E-state index is 5.53. The van der Waals surface area contributed by atoms with E-state index in [2.05, 4.69) is 57.8 Å². The molecule has 0 spiro atoms. The largest absolute Gasteiger partial charge is 0.493 e. The summed E-state index contributed by atoms with van der Waals surface area (Å²) < 4.78 is 10.9. The molecule has 0 aromatic heterocycles. The number of para-hydroxylation sites is 1. The standard InChI is InChI=1S/C24H34N4O2/c1-18-15-21(13-14-28(18)17-19-9-6-5-7-10-19)27-24(25-2)26-16-20-11-8-12-22(29-3)23(20)30-4/h5-12,18,21H,13-17H2,1-4H3,(H2,25,26,27). The second-order valence-corrected chi connectivity index (χ2v) is 7.75. The van der Waals surface area contributed by atoms with Crippen LogP contribution in [0.5, 0.6) is 11.5 Å². The fourth-order valence-electron chi connectivity index (χ4n) is 4.06. The molecule has 1 aliphatic rings. The Kier molecular flexibility index (Phi) is 7.97. The van der Waals surface area contributed by atoms with Crippen molar-refractivity contribution in [3.05, 3.63) is 59.7 Å². The minimum Gasteiger partial charge on any atom is -0.493 e. The minimum atomic E-state index is 0.408. The van der Waals surface area contributed by atoms with Gasteiger partial charge in [-0.05, 0) is 31.4 Å². The van der Waals surface area contributed by atoms with Crippen LogP contribution in [-0.2, 0) is 13.1 Å². The van der Waals surface area contributed by atoms with Crippen molar-refractivity contribution in [3.63, 3.8) is 0 Å². The maximum Gasteiger partial charge on any atom is 0.191 e. The van der Waals surface area contributed by atoms with E-state index in [0.717, 1.165) is 49.0 Å². The van der Waals surface area contributed by atoms with E-state index in [-0.39, 0.29) is 0 Å². The number of nitrogens with one attached hydrogen (secondary N) is 2. The summed E-state index contributed by atoms with van der Waals surface area (Å²) in [7, 11) is 5.13. The van der Waals surface area contributed by atoms with E-state index in [4.69, 9.17) is 9.47 Å². The number of piperidine rings is 1. The SMILES string of the molecule is CN=C(NCc1cccc(OC)c1OC)NC1CCN(Cc2ccccc2)C(C)C1. The number of benzene rings is 2. The lowest BCUT2D eigenvalue weighted by atomic mass is 9.97. The molecule has 1 fully saturated rings. The molecule has 2 N–H and O–H groups in total. The van der Waals surface area contributed by atoms with Gasteiger partial charge in [-0.15, -0.1) is 0 Å². The molecule has 2 unspecified atom stereocenters. The number of rotatable bonds is 7. The zero-order valence-corrected chi connectivity index (χ0v) is 18.5. The number of methoxy groups -OCH3 is 2. The molecule has 162 valence electrons. The molecule has 0 radical (unpaired) electrons. The molecule has 1 aliphatic heterocycles. The summed E-state index contributed by atoms with van der Waals surface area (Å²) in [6, 6.07) is 17.5. The van der Waals surface area contributed by atoms with Gasteiger partial charge in [-0.25, -0.2) is 0 Å². The van der Waals surface area contributed by atoms with Crippen LogP contribution >= 0.6 is 0 Å². The third-order valence-corrected chi connectivity index (χ3v) is 5.74. The topological polar surface area (TPSA) is 58.1 Å². The molecule has 6 heteroatoms. The van der Waals surface area contributed by atoms with Gasteiger partial charge in [0.15, 0.2) is 17.5 Å².